The molecule has 6 heteroatoms. The van der Waals surface area contributed by atoms with Crippen LogP contribution in [0.5, 0.6) is 0 Å². The zero-order valence-corrected chi connectivity index (χ0v) is 15.2. The normalized spacial score (nSPS) is 21.0. The lowest BCUT2D eigenvalue weighted by Gasteiger charge is -2.39. The van der Waals surface area contributed by atoms with Crippen molar-refractivity contribution in [3.63, 3.8) is 0 Å². The molecule has 0 radical (unpaired) electrons. The van der Waals surface area contributed by atoms with Gasteiger partial charge >= 0.3 is 0 Å². The van der Waals surface area contributed by atoms with Gasteiger partial charge in [-0.3, -0.25) is 9.59 Å². The van der Waals surface area contributed by atoms with E-state index in [0.717, 1.165) is 29.8 Å². The first-order chi connectivity index (χ1) is 11.5. The number of nitrogens with zero attached hydrogens (tertiary/aromatic N) is 3. The fourth-order valence-corrected chi connectivity index (χ4v) is 4.22. The maximum absolute atomic E-state index is 12.7. The van der Waals surface area contributed by atoms with Gasteiger partial charge in [-0.15, -0.1) is 11.3 Å². The predicted octanol–water partition coefficient (Wildman–Crippen LogP) is 3.07. The Balaban J connectivity index is 1.84. The van der Waals surface area contributed by atoms with Crippen LogP contribution in [-0.4, -0.2) is 32.7 Å². The summed E-state index contributed by atoms with van der Waals surface area (Å²) >= 11 is 1.63. The van der Waals surface area contributed by atoms with Crippen LogP contribution < -0.4 is 5.56 Å². The molecule has 0 saturated carbocycles. The van der Waals surface area contributed by atoms with Gasteiger partial charge in [-0.2, -0.15) is 5.10 Å². The molecule has 1 amide bonds. The molecule has 128 valence electrons. The fourth-order valence-electron chi connectivity index (χ4n) is 3.39. The van der Waals surface area contributed by atoms with E-state index in [0.29, 0.717) is 0 Å². The third-order valence-corrected chi connectivity index (χ3v) is 5.65. The molecule has 2 aromatic rings. The van der Waals surface area contributed by atoms with E-state index in [1.807, 2.05) is 24.0 Å². The fraction of sp³-hybridized carbons (Fsp3) is 0.500. The second-order valence-electron chi connectivity index (χ2n) is 6.55. The van der Waals surface area contributed by atoms with Gasteiger partial charge in [0.25, 0.3) is 5.56 Å². The maximum atomic E-state index is 12.7. The van der Waals surface area contributed by atoms with E-state index >= 15 is 0 Å². The summed E-state index contributed by atoms with van der Waals surface area (Å²) in [6.45, 7) is 6.20. The van der Waals surface area contributed by atoms with Crippen molar-refractivity contribution in [3.05, 3.63) is 39.5 Å². The number of thiophene rings is 1. The van der Waals surface area contributed by atoms with E-state index in [4.69, 9.17) is 0 Å². The molecule has 1 fully saturated rings. The molecule has 1 aliphatic heterocycles. The summed E-state index contributed by atoms with van der Waals surface area (Å²) in [6.07, 6.45) is 3.19. The highest BCUT2D eigenvalue weighted by Crippen LogP contribution is 2.25. The summed E-state index contributed by atoms with van der Waals surface area (Å²) in [5.74, 6) is -0.0242. The zero-order valence-electron chi connectivity index (χ0n) is 14.4. The van der Waals surface area contributed by atoms with E-state index in [2.05, 4.69) is 18.9 Å². The third kappa shape index (κ3) is 3.43. The Morgan fingerprint density at radius 1 is 1.21 bits per heavy atom. The first kappa shape index (κ1) is 16.9. The van der Waals surface area contributed by atoms with Crippen LogP contribution in [0.15, 0.2) is 29.1 Å². The van der Waals surface area contributed by atoms with Crippen LogP contribution in [0.3, 0.4) is 0 Å². The molecule has 3 rings (SSSR count). The molecule has 24 heavy (non-hydrogen) atoms. The van der Waals surface area contributed by atoms with Crippen LogP contribution >= 0.6 is 11.3 Å². The summed E-state index contributed by atoms with van der Waals surface area (Å²) < 4.78 is 1.29. The van der Waals surface area contributed by atoms with Crippen molar-refractivity contribution >= 4 is 17.2 Å². The van der Waals surface area contributed by atoms with E-state index in [9.17, 15) is 9.59 Å². The third-order valence-electron chi connectivity index (χ3n) is 4.63. The summed E-state index contributed by atoms with van der Waals surface area (Å²) in [7, 11) is 0. The second-order valence-corrected chi connectivity index (χ2v) is 7.84. The largest absolute Gasteiger partial charge is 0.336 e. The maximum Gasteiger partial charge on any atom is 0.267 e. The number of carbonyl (C=O) groups is 1. The molecule has 0 N–H and O–H groups in total. The van der Waals surface area contributed by atoms with Crippen molar-refractivity contribution in [1.82, 2.24) is 14.7 Å². The topological polar surface area (TPSA) is 55.2 Å². The van der Waals surface area contributed by atoms with Crippen molar-refractivity contribution in [3.8, 4) is 10.6 Å². The lowest BCUT2D eigenvalue weighted by molar-refractivity contribution is -0.138. The number of likely N-dealkylation sites (tertiary alicyclic amines) is 1. The average molecular weight is 345 g/mol. The van der Waals surface area contributed by atoms with Crippen LogP contribution in [0.25, 0.3) is 10.6 Å². The first-order valence-corrected chi connectivity index (χ1v) is 9.23. The molecule has 0 aliphatic carbocycles. The number of aromatic nitrogens is 2. The highest BCUT2D eigenvalue weighted by Gasteiger charge is 2.29. The molecule has 0 unspecified atom stereocenters. The van der Waals surface area contributed by atoms with E-state index in [1.165, 1.54) is 15.6 Å². The molecule has 0 spiro atoms. The number of piperidine rings is 1. The minimum absolute atomic E-state index is 0.00567. The number of amides is 1. The lowest BCUT2D eigenvalue weighted by atomic mass is 9.97. The summed E-state index contributed by atoms with van der Waals surface area (Å²) in [4.78, 5) is 29.0. The van der Waals surface area contributed by atoms with Gasteiger partial charge in [0.2, 0.25) is 5.91 Å². The smallest absolute Gasteiger partial charge is 0.267 e. The quantitative estimate of drug-likeness (QED) is 0.859. The Kier molecular flexibility index (Phi) is 4.85. The molecular weight excluding hydrogens is 322 g/mol. The van der Waals surface area contributed by atoms with E-state index in [1.54, 1.807) is 17.4 Å². The summed E-state index contributed by atoms with van der Waals surface area (Å²) in [6, 6.07) is 7.68. The first-order valence-electron chi connectivity index (χ1n) is 8.42. The van der Waals surface area contributed by atoms with Crippen LogP contribution in [0, 0.1) is 6.92 Å². The lowest BCUT2D eigenvalue weighted by Crippen LogP contribution is -2.49. The Bertz CT molecular complexity index is 786. The molecule has 3 heterocycles. The van der Waals surface area contributed by atoms with Gasteiger partial charge in [0, 0.05) is 23.0 Å². The molecule has 1 aliphatic rings. The molecule has 2 atom stereocenters. The number of rotatable bonds is 3. The number of hydrogen-bond donors (Lipinski definition) is 0. The Morgan fingerprint density at radius 3 is 2.54 bits per heavy atom. The van der Waals surface area contributed by atoms with E-state index in [-0.39, 0.29) is 30.1 Å². The average Bonchev–Trinajstić information content (AvgIpc) is 2.96. The van der Waals surface area contributed by atoms with Crippen molar-refractivity contribution in [2.75, 3.05) is 0 Å². The highest BCUT2D eigenvalue weighted by atomic mass is 32.1. The monoisotopic (exact) mass is 345 g/mol. The minimum Gasteiger partial charge on any atom is -0.336 e. The predicted molar refractivity (Wildman–Crippen MR) is 96.2 cm³/mol. The highest BCUT2D eigenvalue weighted by molar-refractivity contribution is 7.15. The van der Waals surface area contributed by atoms with Crippen LogP contribution in [0.2, 0.25) is 0 Å². The molecule has 5 nitrogen and oxygen atoms in total. The van der Waals surface area contributed by atoms with Gasteiger partial charge in [0.05, 0.1) is 4.88 Å². The standard InChI is InChI=1S/C18H23N3O2S/c1-12-5-4-6-13(2)21(12)18(23)11-20-17(22)10-8-15(19-20)16-9-7-14(3)24-16/h7-10,12-13H,4-6,11H2,1-3H3/t12-,13-/m0/s1. The molecule has 0 aromatic carbocycles. The number of aryl methyl sites for hydroxylation is 1. The van der Waals surface area contributed by atoms with Crippen molar-refractivity contribution < 1.29 is 4.79 Å². The van der Waals surface area contributed by atoms with Gasteiger partial charge in [0.15, 0.2) is 0 Å². The minimum atomic E-state index is -0.238. The molecule has 1 saturated heterocycles. The van der Waals surface area contributed by atoms with Gasteiger partial charge < -0.3 is 4.90 Å². The van der Waals surface area contributed by atoms with Crippen molar-refractivity contribution in [1.29, 1.82) is 0 Å². The van der Waals surface area contributed by atoms with Crippen molar-refractivity contribution in [2.24, 2.45) is 0 Å². The van der Waals surface area contributed by atoms with Gasteiger partial charge in [0.1, 0.15) is 12.2 Å². The molecular formula is C18H23N3O2S. The number of hydrogen-bond acceptors (Lipinski definition) is 4. The Hall–Kier alpha value is -1.95. The van der Waals surface area contributed by atoms with Crippen LogP contribution in [0.1, 0.15) is 38.0 Å². The van der Waals surface area contributed by atoms with Gasteiger partial charge in [-0.05, 0) is 58.2 Å². The van der Waals surface area contributed by atoms with Gasteiger partial charge in [-0.25, -0.2) is 4.68 Å². The SMILES string of the molecule is Cc1ccc(-c2ccc(=O)n(CC(=O)N3[C@@H](C)CCC[C@@H]3C)n2)s1. The van der Waals surface area contributed by atoms with Crippen LogP contribution in [-0.2, 0) is 11.3 Å². The molecule has 2 aromatic heterocycles. The van der Waals surface area contributed by atoms with Crippen LogP contribution in [0.4, 0.5) is 0 Å². The summed E-state index contributed by atoms with van der Waals surface area (Å²) in [5.41, 5.74) is 0.498. The Morgan fingerprint density at radius 2 is 1.92 bits per heavy atom. The zero-order chi connectivity index (χ0) is 17.3. The Labute approximate surface area is 145 Å². The van der Waals surface area contributed by atoms with Crippen molar-refractivity contribution in [2.45, 2.75) is 58.7 Å². The summed E-state index contributed by atoms with van der Waals surface area (Å²) in [5, 5.41) is 4.41. The van der Waals surface area contributed by atoms with E-state index < -0.39 is 0 Å². The molecule has 0 bridgehead atoms. The number of carbonyl (C=O) groups excluding carboxylic acids is 1. The second kappa shape index (κ2) is 6.89. The van der Waals surface area contributed by atoms with Gasteiger partial charge in [-0.1, -0.05) is 0 Å².